The highest BCUT2D eigenvalue weighted by atomic mass is 32.2. The second kappa shape index (κ2) is 10.2. The molecule has 3 aromatic rings. The maximum atomic E-state index is 15.0. The molecule has 2 aliphatic heterocycles. The van der Waals surface area contributed by atoms with Crippen molar-refractivity contribution in [2.75, 3.05) is 23.7 Å². The molecule has 0 radical (unpaired) electrons. The van der Waals surface area contributed by atoms with E-state index in [1.807, 2.05) is 0 Å². The van der Waals surface area contributed by atoms with E-state index in [4.69, 9.17) is 0 Å². The van der Waals surface area contributed by atoms with Crippen LogP contribution in [0, 0.1) is 11.6 Å². The Kier molecular flexibility index (Phi) is 7.15. The van der Waals surface area contributed by atoms with Crippen molar-refractivity contribution in [3.63, 3.8) is 0 Å². The van der Waals surface area contributed by atoms with Gasteiger partial charge in [0.25, 0.3) is 0 Å². The third-order valence-electron chi connectivity index (χ3n) is 7.17. The van der Waals surface area contributed by atoms with Gasteiger partial charge in [0, 0.05) is 58.4 Å². The smallest absolute Gasteiger partial charge is 0.390 e. The van der Waals surface area contributed by atoms with Crippen LogP contribution in [0.3, 0.4) is 0 Å². The van der Waals surface area contributed by atoms with Crippen LogP contribution in [0.4, 0.5) is 27.8 Å². The lowest BCUT2D eigenvalue weighted by atomic mass is 9.95. The molecule has 1 unspecified atom stereocenters. The van der Waals surface area contributed by atoms with E-state index < -0.39 is 46.3 Å². The molecule has 0 spiro atoms. The summed E-state index contributed by atoms with van der Waals surface area (Å²) in [6.07, 6.45) is -4.87. The first-order valence-electron chi connectivity index (χ1n) is 12.5. The number of carbonyl (C=O) groups excluding carboxylic acids is 1. The average Bonchev–Trinajstić information content (AvgIpc) is 3.05. The van der Waals surface area contributed by atoms with E-state index >= 15 is 0 Å². The number of benzene rings is 2. The first-order valence-corrected chi connectivity index (χ1v) is 13.4. The summed E-state index contributed by atoms with van der Waals surface area (Å²) in [4.78, 5) is 33.1. The number of piperazine rings is 1. The Morgan fingerprint density at radius 2 is 1.82 bits per heavy atom. The normalized spacial score (nSPS) is 21.4. The zero-order chi connectivity index (χ0) is 29.1. The molecule has 3 heterocycles. The molecule has 1 saturated heterocycles. The lowest BCUT2D eigenvalue weighted by Crippen LogP contribution is -2.58. The van der Waals surface area contributed by atoms with Crippen LogP contribution in [-0.4, -0.2) is 62.5 Å². The average molecular weight is 581 g/mol. The van der Waals surface area contributed by atoms with Gasteiger partial charge >= 0.3 is 11.9 Å². The molecule has 2 aromatic carbocycles. The fourth-order valence-corrected chi connectivity index (χ4v) is 6.79. The summed E-state index contributed by atoms with van der Waals surface area (Å²) < 4.78 is 73.7. The Hall–Kier alpha value is -3.45. The predicted molar refractivity (Wildman–Crippen MR) is 141 cm³/mol. The van der Waals surface area contributed by atoms with Gasteiger partial charge < -0.3 is 14.9 Å². The molecule has 5 rings (SSSR count). The van der Waals surface area contributed by atoms with Gasteiger partial charge in [0.2, 0.25) is 5.91 Å². The highest BCUT2D eigenvalue weighted by molar-refractivity contribution is 7.99. The number of rotatable bonds is 3. The second-order valence-electron chi connectivity index (χ2n) is 9.99. The van der Waals surface area contributed by atoms with Gasteiger partial charge in [-0.15, -0.1) is 11.8 Å². The second-order valence-corrected chi connectivity index (χ2v) is 11.0. The molecule has 3 atom stereocenters. The number of hydrogen-bond acceptors (Lipinski definition) is 6. The highest BCUT2D eigenvalue weighted by Crippen LogP contribution is 2.48. The molecule has 7 nitrogen and oxygen atoms in total. The van der Waals surface area contributed by atoms with Gasteiger partial charge in [-0.2, -0.15) is 18.2 Å². The van der Waals surface area contributed by atoms with Crippen molar-refractivity contribution in [3.8, 4) is 11.1 Å². The number of alkyl halides is 3. The summed E-state index contributed by atoms with van der Waals surface area (Å²) in [7, 11) is 0. The van der Waals surface area contributed by atoms with Crippen LogP contribution in [0.1, 0.15) is 19.4 Å². The predicted octanol–water partition coefficient (Wildman–Crippen LogP) is 4.44. The van der Waals surface area contributed by atoms with E-state index in [1.165, 1.54) is 6.08 Å². The number of amides is 1. The fraction of sp³-hybridized carbons (Fsp3) is 0.370. The molecule has 1 fully saturated rings. The van der Waals surface area contributed by atoms with Gasteiger partial charge in [-0.1, -0.05) is 6.58 Å². The van der Waals surface area contributed by atoms with Gasteiger partial charge in [-0.05, 0) is 38.1 Å². The number of aliphatic hydroxyl groups excluding tert-OH is 1. The molecule has 13 heteroatoms. The first-order chi connectivity index (χ1) is 18.8. The van der Waals surface area contributed by atoms with Gasteiger partial charge in [-0.25, -0.2) is 13.6 Å². The molecule has 1 N–H and O–H groups in total. The van der Waals surface area contributed by atoms with Crippen LogP contribution in [0.5, 0.6) is 0 Å². The number of thioether (sulfide) groups is 1. The van der Waals surface area contributed by atoms with E-state index in [-0.39, 0.29) is 65.0 Å². The Morgan fingerprint density at radius 3 is 2.42 bits per heavy atom. The maximum absolute atomic E-state index is 15.0. The Morgan fingerprint density at radius 1 is 1.15 bits per heavy atom. The van der Waals surface area contributed by atoms with Crippen molar-refractivity contribution in [1.82, 2.24) is 14.5 Å². The van der Waals surface area contributed by atoms with Crippen molar-refractivity contribution in [1.29, 1.82) is 0 Å². The third kappa shape index (κ3) is 4.74. The minimum atomic E-state index is -4.96. The van der Waals surface area contributed by atoms with Crippen molar-refractivity contribution in [2.45, 2.75) is 49.7 Å². The van der Waals surface area contributed by atoms with Crippen LogP contribution < -0.4 is 10.6 Å². The zero-order valence-corrected chi connectivity index (χ0v) is 22.3. The minimum absolute atomic E-state index is 0.00214. The highest BCUT2D eigenvalue weighted by Gasteiger charge is 2.40. The molecule has 0 bridgehead atoms. The van der Waals surface area contributed by atoms with Crippen LogP contribution in [-0.2, 0) is 17.5 Å². The monoisotopic (exact) mass is 580 g/mol. The van der Waals surface area contributed by atoms with Crippen LogP contribution in [0.2, 0.25) is 0 Å². The molecule has 40 heavy (non-hydrogen) atoms. The Bertz CT molecular complexity index is 1580. The number of carbonyl (C=O) groups is 1. The lowest BCUT2D eigenvalue weighted by molar-refractivity contribution is -0.137. The lowest BCUT2D eigenvalue weighted by Gasteiger charge is -2.44. The van der Waals surface area contributed by atoms with Gasteiger partial charge in [-0.3, -0.25) is 9.36 Å². The van der Waals surface area contributed by atoms with E-state index in [1.54, 1.807) is 23.6 Å². The SMILES string of the molecule is C=CC(=O)N1[C@H](C)CN(c2nc(=O)n3c4c(c(-c5ccc(F)cc5F)c(C(F)(F)F)cc24)SCC(O)C3)C[C@@H]1C. The zero-order valence-electron chi connectivity index (χ0n) is 21.5. The molecular weight excluding hydrogens is 555 g/mol. The van der Waals surface area contributed by atoms with Crippen LogP contribution >= 0.6 is 11.8 Å². The van der Waals surface area contributed by atoms with Gasteiger partial charge in [0.15, 0.2) is 0 Å². The van der Waals surface area contributed by atoms with E-state index in [0.717, 1.165) is 34.5 Å². The summed E-state index contributed by atoms with van der Waals surface area (Å²) in [6, 6.07) is 2.38. The van der Waals surface area contributed by atoms with Crippen molar-refractivity contribution in [3.05, 3.63) is 64.6 Å². The van der Waals surface area contributed by atoms with Crippen LogP contribution in [0.15, 0.2) is 46.6 Å². The van der Waals surface area contributed by atoms with E-state index in [9.17, 15) is 36.6 Å². The third-order valence-corrected chi connectivity index (χ3v) is 8.40. The van der Waals surface area contributed by atoms with Crippen LogP contribution in [0.25, 0.3) is 22.0 Å². The van der Waals surface area contributed by atoms with E-state index in [0.29, 0.717) is 6.07 Å². The Labute approximate surface area is 229 Å². The molecule has 1 aromatic heterocycles. The topological polar surface area (TPSA) is 78.7 Å². The minimum Gasteiger partial charge on any atom is -0.390 e. The van der Waals surface area contributed by atoms with Gasteiger partial charge in [0.05, 0.1) is 23.7 Å². The first kappa shape index (κ1) is 28.1. The molecular formula is C27H25F5N4O3S. The largest absolute Gasteiger partial charge is 0.417 e. The molecule has 0 saturated carbocycles. The summed E-state index contributed by atoms with van der Waals surface area (Å²) in [5.74, 6) is -2.52. The van der Waals surface area contributed by atoms with Crippen molar-refractivity contribution >= 4 is 34.4 Å². The standard InChI is InChI=1S/C27H25F5N4O3S/c1-4-21(38)36-13(2)9-34(10-14(36)3)25-18-8-19(27(30,31)32)22(17-6-5-15(28)7-20(17)29)24-23(18)35(26(39)33-25)11-16(37)12-40-24/h4-8,13-14,16,37H,1,9-12H2,2-3H3/t13-,14+,16?. The number of halogens is 5. The molecule has 1 amide bonds. The van der Waals surface area contributed by atoms with E-state index in [2.05, 4.69) is 11.6 Å². The van der Waals surface area contributed by atoms with Gasteiger partial charge in [0.1, 0.15) is 17.5 Å². The van der Waals surface area contributed by atoms with Crippen molar-refractivity contribution in [2.24, 2.45) is 0 Å². The molecule has 2 aliphatic rings. The van der Waals surface area contributed by atoms with Crippen molar-refractivity contribution < 1.29 is 31.9 Å². The number of nitrogens with zero attached hydrogens (tertiary/aromatic N) is 4. The number of anilines is 1. The fourth-order valence-electron chi connectivity index (χ4n) is 5.61. The number of aliphatic hydroxyl groups is 1. The summed E-state index contributed by atoms with van der Waals surface area (Å²) in [5, 5.41) is 10.5. The number of aromatic nitrogens is 2. The number of hydrogen-bond donors (Lipinski definition) is 1. The molecule has 212 valence electrons. The summed E-state index contributed by atoms with van der Waals surface area (Å²) >= 11 is 0.867. The summed E-state index contributed by atoms with van der Waals surface area (Å²) in [5.41, 5.74) is -2.91. The molecule has 0 aliphatic carbocycles. The quantitative estimate of drug-likeness (QED) is 0.365. The Balaban J connectivity index is 1.83. The maximum Gasteiger partial charge on any atom is 0.417 e. The summed E-state index contributed by atoms with van der Waals surface area (Å²) in [6.45, 7) is 7.20.